The van der Waals surface area contributed by atoms with Gasteiger partial charge >= 0.3 is 0 Å². The van der Waals surface area contributed by atoms with Gasteiger partial charge in [0, 0.05) is 18.1 Å². The van der Waals surface area contributed by atoms with E-state index >= 15 is 0 Å². The maximum absolute atomic E-state index is 13.1. The molecule has 0 fully saturated rings. The summed E-state index contributed by atoms with van der Waals surface area (Å²) in [5, 5.41) is 2.94. The maximum atomic E-state index is 13.1. The minimum Gasteiger partial charge on any atom is -0.383 e. The molecule has 0 saturated carbocycles. The van der Waals surface area contributed by atoms with Gasteiger partial charge in [0.15, 0.2) is 0 Å². The van der Waals surface area contributed by atoms with Gasteiger partial charge < -0.3 is 10.1 Å². The fourth-order valence-corrected chi connectivity index (χ4v) is 1.43. The number of halogens is 2. The van der Waals surface area contributed by atoms with Gasteiger partial charge in [0.05, 0.1) is 12.3 Å². The third-order valence-corrected chi connectivity index (χ3v) is 2.23. The molecular weight excluding hydrogens is 237 g/mol. The lowest BCUT2D eigenvalue weighted by atomic mass is 10.3. The first kappa shape index (κ1) is 10.5. The molecule has 1 aromatic carbocycles. The molecule has 0 aliphatic heterocycles. The van der Waals surface area contributed by atoms with Crippen molar-refractivity contribution in [1.82, 2.24) is 0 Å². The van der Waals surface area contributed by atoms with Crippen LogP contribution < -0.4 is 5.32 Å². The Morgan fingerprint density at radius 1 is 1.54 bits per heavy atom. The molecule has 0 bridgehead atoms. The highest BCUT2D eigenvalue weighted by atomic mass is 79.9. The molecule has 0 spiro atoms. The zero-order valence-electron chi connectivity index (χ0n) is 7.31. The largest absolute Gasteiger partial charge is 0.383 e. The lowest BCUT2D eigenvalue weighted by Crippen LogP contribution is -2.09. The molecule has 0 amide bonds. The van der Waals surface area contributed by atoms with Crippen LogP contribution in [0.3, 0.4) is 0 Å². The van der Waals surface area contributed by atoms with Crippen LogP contribution in [0, 0.1) is 5.82 Å². The van der Waals surface area contributed by atoms with Crippen molar-refractivity contribution < 1.29 is 9.13 Å². The van der Waals surface area contributed by atoms with Gasteiger partial charge in [-0.3, -0.25) is 0 Å². The molecular formula is C9H11BrFNO. The van der Waals surface area contributed by atoms with Crippen molar-refractivity contribution in [2.24, 2.45) is 0 Å². The fourth-order valence-electron chi connectivity index (χ4n) is 0.945. The quantitative estimate of drug-likeness (QED) is 0.827. The van der Waals surface area contributed by atoms with Crippen molar-refractivity contribution in [2.75, 3.05) is 25.6 Å². The summed E-state index contributed by atoms with van der Waals surface area (Å²) in [6.07, 6.45) is 0. The summed E-state index contributed by atoms with van der Waals surface area (Å²) in [4.78, 5) is 0. The second kappa shape index (κ2) is 5.19. The van der Waals surface area contributed by atoms with Crippen molar-refractivity contribution >= 4 is 21.6 Å². The van der Waals surface area contributed by atoms with Crippen LogP contribution in [0.15, 0.2) is 22.7 Å². The van der Waals surface area contributed by atoms with Gasteiger partial charge in [-0.2, -0.15) is 0 Å². The Hall–Kier alpha value is -0.610. The van der Waals surface area contributed by atoms with Crippen molar-refractivity contribution in [2.45, 2.75) is 0 Å². The predicted octanol–water partition coefficient (Wildman–Crippen LogP) is 2.65. The van der Waals surface area contributed by atoms with Gasteiger partial charge in [0.1, 0.15) is 5.82 Å². The molecule has 1 rings (SSSR count). The predicted molar refractivity (Wildman–Crippen MR) is 54.5 cm³/mol. The van der Waals surface area contributed by atoms with Gasteiger partial charge in [-0.1, -0.05) is 6.07 Å². The first-order valence-electron chi connectivity index (χ1n) is 3.92. The Labute approximate surface area is 85.2 Å². The number of nitrogens with one attached hydrogen (secondary N) is 1. The fraction of sp³-hybridized carbons (Fsp3) is 0.333. The number of methoxy groups -OCH3 is 1. The molecule has 0 aliphatic carbocycles. The zero-order valence-corrected chi connectivity index (χ0v) is 8.90. The summed E-state index contributed by atoms with van der Waals surface area (Å²) >= 11 is 3.26. The minimum atomic E-state index is -0.259. The number of benzene rings is 1. The van der Waals surface area contributed by atoms with Gasteiger partial charge in [-0.15, -0.1) is 0 Å². The second-order valence-electron chi connectivity index (χ2n) is 2.52. The highest BCUT2D eigenvalue weighted by Gasteiger charge is 2.04. The zero-order chi connectivity index (χ0) is 9.68. The third kappa shape index (κ3) is 2.97. The SMILES string of the molecule is COCCNc1c(F)cccc1Br. The number of ether oxygens (including phenoxy) is 1. The van der Waals surface area contributed by atoms with Crippen LogP contribution in [0.5, 0.6) is 0 Å². The van der Waals surface area contributed by atoms with E-state index in [9.17, 15) is 4.39 Å². The van der Waals surface area contributed by atoms with E-state index in [-0.39, 0.29) is 5.82 Å². The number of rotatable bonds is 4. The Morgan fingerprint density at radius 2 is 2.31 bits per heavy atom. The molecule has 1 aromatic rings. The molecule has 2 nitrogen and oxygen atoms in total. The van der Waals surface area contributed by atoms with E-state index in [2.05, 4.69) is 21.2 Å². The minimum absolute atomic E-state index is 0.259. The molecule has 72 valence electrons. The highest BCUT2D eigenvalue weighted by molar-refractivity contribution is 9.10. The van der Waals surface area contributed by atoms with Crippen molar-refractivity contribution in [3.63, 3.8) is 0 Å². The van der Waals surface area contributed by atoms with Gasteiger partial charge in [0.25, 0.3) is 0 Å². The van der Waals surface area contributed by atoms with Gasteiger partial charge in [0.2, 0.25) is 0 Å². The van der Waals surface area contributed by atoms with Crippen LogP contribution in [0.1, 0.15) is 0 Å². The van der Waals surface area contributed by atoms with Crippen LogP contribution in [0.25, 0.3) is 0 Å². The first-order valence-corrected chi connectivity index (χ1v) is 4.72. The monoisotopic (exact) mass is 247 g/mol. The summed E-state index contributed by atoms with van der Waals surface area (Å²) in [5.74, 6) is -0.259. The van der Waals surface area contributed by atoms with Gasteiger partial charge in [-0.25, -0.2) is 4.39 Å². The molecule has 0 heterocycles. The molecule has 13 heavy (non-hydrogen) atoms. The average Bonchev–Trinajstić information content (AvgIpc) is 2.10. The molecule has 0 aliphatic rings. The van der Waals surface area contributed by atoms with Crippen LogP contribution in [0.4, 0.5) is 10.1 Å². The molecule has 0 aromatic heterocycles. The van der Waals surface area contributed by atoms with E-state index < -0.39 is 0 Å². The Balaban J connectivity index is 2.64. The number of para-hydroxylation sites is 1. The summed E-state index contributed by atoms with van der Waals surface area (Å²) in [5.41, 5.74) is 0.486. The summed E-state index contributed by atoms with van der Waals surface area (Å²) in [6, 6.07) is 4.86. The number of anilines is 1. The molecule has 1 N–H and O–H groups in total. The van der Waals surface area contributed by atoms with E-state index in [1.54, 1.807) is 19.2 Å². The van der Waals surface area contributed by atoms with Gasteiger partial charge in [-0.05, 0) is 28.1 Å². The topological polar surface area (TPSA) is 21.3 Å². The van der Waals surface area contributed by atoms with E-state index in [1.165, 1.54) is 6.07 Å². The summed E-state index contributed by atoms with van der Waals surface area (Å²) in [6.45, 7) is 1.15. The van der Waals surface area contributed by atoms with E-state index in [0.29, 0.717) is 18.8 Å². The van der Waals surface area contributed by atoms with Crippen molar-refractivity contribution in [3.05, 3.63) is 28.5 Å². The molecule has 4 heteroatoms. The normalized spacial score (nSPS) is 10.1. The van der Waals surface area contributed by atoms with Crippen molar-refractivity contribution in [1.29, 1.82) is 0 Å². The smallest absolute Gasteiger partial charge is 0.147 e. The third-order valence-electron chi connectivity index (χ3n) is 1.57. The molecule has 0 radical (unpaired) electrons. The van der Waals surface area contributed by atoms with E-state index in [1.807, 2.05) is 0 Å². The van der Waals surface area contributed by atoms with E-state index in [4.69, 9.17) is 4.74 Å². The Bertz CT molecular complexity index is 260. The van der Waals surface area contributed by atoms with Crippen LogP contribution in [-0.4, -0.2) is 20.3 Å². The standard InChI is InChI=1S/C9H11BrFNO/c1-13-6-5-12-9-7(10)3-2-4-8(9)11/h2-4,12H,5-6H2,1H3. The maximum Gasteiger partial charge on any atom is 0.147 e. The lowest BCUT2D eigenvalue weighted by molar-refractivity contribution is 0.210. The number of hydrogen-bond acceptors (Lipinski definition) is 2. The lowest BCUT2D eigenvalue weighted by Gasteiger charge is -2.08. The van der Waals surface area contributed by atoms with Crippen LogP contribution >= 0.6 is 15.9 Å². The summed E-state index contributed by atoms with van der Waals surface area (Å²) in [7, 11) is 1.61. The average molecular weight is 248 g/mol. The summed E-state index contributed by atoms with van der Waals surface area (Å²) < 4.78 is 18.7. The Kier molecular flexibility index (Phi) is 4.18. The van der Waals surface area contributed by atoms with Crippen molar-refractivity contribution in [3.8, 4) is 0 Å². The van der Waals surface area contributed by atoms with E-state index in [0.717, 1.165) is 4.47 Å². The Morgan fingerprint density at radius 3 is 2.92 bits per heavy atom. The molecule has 0 atom stereocenters. The molecule has 0 saturated heterocycles. The first-order chi connectivity index (χ1) is 6.25. The van der Waals surface area contributed by atoms with Crippen LogP contribution in [0.2, 0.25) is 0 Å². The number of hydrogen-bond donors (Lipinski definition) is 1. The highest BCUT2D eigenvalue weighted by Crippen LogP contribution is 2.24. The second-order valence-corrected chi connectivity index (χ2v) is 3.37. The molecule has 0 unspecified atom stereocenters. The van der Waals surface area contributed by atoms with Crippen LogP contribution in [-0.2, 0) is 4.74 Å².